The summed E-state index contributed by atoms with van der Waals surface area (Å²) in [5.74, 6) is -0.511. The van der Waals surface area contributed by atoms with E-state index in [9.17, 15) is 12.8 Å². The van der Waals surface area contributed by atoms with E-state index in [2.05, 4.69) is 0 Å². The molecule has 1 aliphatic heterocycles. The average molecular weight is 322 g/mol. The molecule has 0 amide bonds. The smallest absolute Gasteiger partial charge is 0.243 e. The molecule has 0 N–H and O–H groups in total. The number of aryl methyl sites for hydroxylation is 1. The molecule has 20 heavy (non-hydrogen) atoms. The van der Waals surface area contributed by atoms with Crippen LogP contribution in [-0.2, 0) is 20.6 Å². The summed E-state index contributed by atoms with van der Waals surface area (Å²) in [7, 11) is -3.66. The van der Waals surface area contributed by atoms with Gasteiger partial charge in [0.1, 0.15) is 5.82 Å². The molecule has 1 aromatic carbocycles. The number of sulfonamides is 1. The van der Waals surface area contributed by atoms with Crippen LogP contribution in [0.1, 0.15) is 18.1 Å². The summed E-state index contributed by atoms with van der Waals surface area (Å²) in [6.07, 6.45) is 0. The van der Waals surface area contributed by atoms with Crippen LogP contribution >= 0.6 is 11.6 Å². The van der Waals surface area contributed by atoms with E-state index in [-0.39, 0.29) is 27.9 Å². The quantitative estimate of drug-likeness (QED) is 0.802. The first-order valence-electron chi connectivity index (χ1n) is 6.32. The maximum Gasteiger partial charge on any atom is 0.243 e. The maximum atomic E-state index is 13.8. The highest BCUT2D eigenvalue weighted by atomic mass is 35.5. The van der Waals surface area contributed by atoms with Crippen molar-refractivity contribution in [3.63, 3.8) is 0 Å². The van der Waals surface area contributed by atoms with Crippen LogP contribution in [0.3, 0.4) is 0 Å². The number of hydrogen-bond acceptors (Lipinski definition) is 3. The molecule has 1 aromatic rings. The van der Waals surface area contributed by atoms with Gasteiger partial charge >= 0.3 is 0 Å². The number of nitrogens with zero attached hydrogens (tertiary/aromatic N) is 1. The van der Waals surface area contributed by atoms with Crippen LogP contribution in [0.4, 0.5) is 4.39 Å². The molecule has 4 nitrogen and oxygen atoms in total. The predicted octanol–water partition coefficient (Wildman–Crippen LogP) is 2.28. The molecular formula is C13H17ClFNO3S. The maximum absolute atomic E-state index is 13.8. The molecule has 1 atom stereocenters. The summed E-state index contributed by atoms with van der Waals surface area (Å²) in [5, 5.41) is 0. The minimum atomic E-state index is -3.66. The van der Waals surface area contributed by atoms with Gasteiger partial charge in [-0.3, -0.25) is 0 Å². The van der Waals surface area contributed by atoms with E-state index >= 15 is 0 Å². The first kappa shape index (κ1) is 15.7. The highest BCUT2D eigenvalue weighted by Gasteiger charge is 2.32. The highest BCUT2D eigenvalue weighted by Crippen LogP contribution is 2.25. The second kappa shape index (κ2) is 5.97. The fourth-order valence-corrected chi connectivity index (χ4v) is 4.19. The summed E-state index contributed by atoms with van der Waals surface area (Å²) in [5.41, 5.74) is 0.480. The molecule has 0 saturated carbocycles. The van der Waals surface area contributed by atoms with Crippen LogP contribution in [0, 0.1) is 12.7 Å². The summed E-state index contributed by atoms with van der Waals surface area (Å²) in [6.45, 7) is 4.35. The number of ether oxygens (including phenoxy) is 1. The Hall–Kier alpha value is -0.690. The zero-order chi connectivity index (χ0) is 14.9. The lowest BCUT2D eigenvalue weighted by atomic mass is 10.1. The molecule has 1 heterocycles. The molecule has 112 valence electrons. The second-order valence-corrected chi connectivity index (χ2v) is 7.04. The van der Waals surface area contributed by atoms with Gasteiger partial charge in [0.2, 0.25) is 10.0 Å². The lowest BCUT2D eigenvalue weighted by Gasteiger charge is -2.32. The van der Waals surface area contributed by atoms with Crippen molar-refractivity contribution in [3.8, 4) is 0 Å². The Morgan fingerprint density at radius 1 is 1.50 bits per heavy atom. The molecule has 0 bridgehead atoms. The average Bonchev–Trinajstić information content (AvgIpc) is 2.41. The summed E-state index contributed by atoms with van der Waals surface area (Å²) in [6, 6.07) is 2.43. The topological polar surface area (TPSA) is 46.6 Å². The molecular weight excluding hydrogens is 305 g/mol. The number of alkyl halides is 1. The van der Waals surface area contributed by atoms with E-state index in [1.165, 1.54) is 23.4 Å². The van der Waals surface area contributed by atoms with Gasteiger partial charge in [-0.2, -0.15) is 4.31 Å². The fraction of sp³-hybridized carbons (Fsp3) is 0.538. The van der Waals surface area contributed by atoms with E-state index in [1.54, 1.807) is 6.92 Å². The van der Waals surface area contributed by atoms with Crippen molar-refractivity contribution in [2.45, 2.75) is 30.7 Å². The third-order valence-electron chi connectivity index (χ3n) is 3.36. The van der Waals surface area contributed by atoms with Gasteiger partial charge in [-0.25, -0.2) is 12.8 Å². The van der Waals surface area contributed by atoms with Gasteiger partial charge < -0.3 is 4.74 Å². The molecule has 0 aliphatic carbocycles. The number of hydrogen-bond donors (Lipinski definition) is 0. The van der Waals surface area contributed by atoms with Crippen molar-refractivity contribution < 1.29 is 17.5 Å². The van der Waals surface area contributed by atoms with Gasteiger partial charge in [0.15, 0.2) is 0 Å². The first-order chi connectivity index (χ1) is 9.37. The summed E-state index contributed by atoms with van der Waals surface area (Å²) >= 11 is 5.67. The van der Waals surface area contributed by atoms with E-state index in [4.69, 9.17) is 16.3 Å². The van der Waals surface area contributed by atoms with Crippen molar-refractivity contribution in [3.05, 3.63) is 29.1 Å². The van der Waals surface area contributed by atoms with Crippen molar-refractivity contribution in [1.82, 2.24) is 4.31 Å². The third-order valence-corrected chi connectivity index (χ3v) is 5.64. The van der Waals surface area contributed by atoms with Gasteiger partial charge in [-0.15, -0.1) is 11.6 Å². The molecule has 1 fully saturated rings. The lowest BCUT2D eigenvalue weighted by Crippen LogP contribution is -2.46. The standard InChI is InChI=1S/C13H17ClFNO3S/c1-9-5-12(6-11(7-14)13(9)15)20(17,18)16-3-4-19-8-10(16)2/h5-6,10H,3-4,7-8H2,1-2H3. The molecule has 1 saturated heterocycles. The Balaban J connectivity index is 2.46. The molecule has 0 radical (unpaired) electrons. The van der Waals surface area contributed by atoms with Gasteiger partial charge in [-0.1, -0.05) is 0 Å². The van der Waals surface area contributed by atoms with Gasteiger partial charge in [0, 0.05) is 18.2 Å². The molecule has 2 rings (SSSR count). The van der Waals surface area contributed by atoms with Crippen LogP contribution in [0.15, 0.2) is 17.0 Å². The molecule has 1 unspecified atom stereocenters. The summed E-state index contributed by atoms with van der Waals surface area (Å²) in [4.78, 5) is 0.0841. The Bertz CT molecular complexity index is 606. The van der Waals surface area contributed by atoms with E-state index in [0.29, 0.717) is 19.8 Å². The zero-order valence-corrected chi connectivity index (χ0v) is 13.0. The minimum Gasteiger partial charge on any atom is -0.378 e. The normalized spacial score (nSPS) is 21.1. The van der Waals surface area contributed by atoms with Crippen LogP contribution in [0.2, 0.25) is 0 Å². The fourth-order valence-electron chi connectivity index (χ4n) is 2.26. The van der Waals surface area contributed by atoms with Crippen molar-refractivity contribution in [1.29, 1.82) is 0 Å². The van der Waals surface area contributed by atoms with Gasteiger partial charge in [-0.05, 0) is 31.5 Å². The van der Waals surface area contributed by atoms with Crippen molar-refractivity contribution in [2.75, 3.05) is 19.8 Å². The van der Waals surface area contributed by atoms with E-state index in [1.807, 2.05) is 0 Å². The number of benzene rings is 1. The van der Waals surface area contributed by atoms with Crippen LogP contribution in [0.5, 0.6) is 0 Å². The zero-order valence-electron chi connectivity index (χ0n) is 11.4. The SMILES string of the molecule is Cc1cc(S(=O)(=O)N2CCOCC2C)cc(CCl)c1F. The third kappa shape index (κ3) is 2.83. The minimum absolute atomic E-state index is 0.0608. The molecule has 0 aromatic heterocycles. The second-order valence-electron chi connectivity index (χ2n) is 4.89. The van der Waals surface area contributed by atoms with Crippen molar-refractivity contribution >= 4 is 21.6 Å². The molecule has 7 heteroatoms. The first-order valence-corrected chi connectivity index (χ1v) is 8.30. The van der Waals surface area contributed by atoms with E-state index < -0.39 is 15.8 Å². The van der Waals surface area contributed by atoms with Crippen molar-refractivity contribution in [2.24, 2.45) is 0 Å². The highest BCUT2D eigenvalue weighted by molar-refractivity contribution is 7.89. The number of halogens is 2. The Morgan fingerprint density at radius 3 is 2.80 bits per heavy atom. The largest absolute Gasteiger partial charge is 0.378 e. The Labute approximate surface area is 123 Å². The monoisotopic (exact) mass is 321 g/mol. The molecule has 0 spiro atoms. The number of morpholine rings is 1. The van der Waals surface area contributed by atoms with Crippen LogP contribution in [0.25, 0.3) is 0 Å². The van der Waals surface area contributed by atoms with Gasteiger partial charge in [0.05, 0.1) is 24.0 Å². The van der Waals surface area contributed by atoms with Gasteiger partial charge in [0.25, 0.3) is 0 Å². The van der Waals surface area contributed by atoms with Crippen LogP contribution in [-0.4, -0.2) is 38.5 Å². The Morgan fingerprint density at radius 2 is 2.20 bits per heavy atom. The van der Waals surface area contributed by atoms with E-state index in [0.717, 1.165) is 0 Å². The summed E-state index contributed by atoms with van der Waals surface area (Å²) < 4.78 is 45.7. The predicted molar refractivity (Wildman–Crippen MR) is 74.9 cm³/mol. The number of rotatable bonds is 3. The lowest BCUT2D eigenvalue weighted by molar-refractivity contribution is 0.0392. The Kier molecular flexibility index (Phi) is 4.69. The molecule has 1 aliphatic rings. The van der Waals surface area contributed by atoms with Crippen LogP contribution < -0.4 is 0 Å².